The highest BCUT2D eigenvalue weighted by Gasteiger charge is 2.20. The fourth-order valence-corrected chi connectivity index (χ4v) is 2.89. The van der Waals surface area contributed by atoms with Crippen molar-refractivity contribution in [3.63, 3.8) is 0 Å². The molecule has 0 unspecified atom stereocenters. The standard InChI is InChI=1S/C21H18O6/c1-12-16-9-10-18(25-13(2)22)20(26-14(3)23)19(16)27-21(24)17(12)11-15-7-5-4-6-8-15/h4-10H,11H2,1-3H3. The van der Waals surface area contributed by atoms with Crippen LogP contribution in [-0.4, -0.2) is 11.9 Å². The zero-order valence-corrected chi connectivity index (χ0v) is 15.2. The minimum absolute atomic E-state index is 0.0172. The Balaban J connectivity index is 2.20. The molecule has 3 rings (SSSR count). The average molecular weight is 366 g/mol. The van der Waals surface area contributed by atoms with Gasteiger partial charge in [-0.25, -0.2) is 4.79 Å². The first-order chi connectivity index (χ1) is 12.9. The molecule has 0 fully saturated rings. The van der Waals surface area contributed by atoms with Gasteiger partial charge in [0.05, 0.1) is 0 Å². The lowest BCUT2D eigenvalue weighted by molar-refractivity contribution is -0.134. The van der Waals surface area contributed by atoms with Crippen LogP contribution in [0.15, 0.2) is 51.7 Å². The van der Waals surface area contributed by atoms with E-state index in [1.807, 2.05) is 30.3 Å². The molecule has 3 aromatic rings. The number of hydrogen-bond acceptors (Lipinski definition) is 6. The van der Waals surface area contributed by atoms with Crippen LogP contribution in [0.3, 0.4) is 0 Å². The van der Waals surface area contributed by atoms with Crippen molar-refractivity contribution in [2.45, 2.75) is 27.2 Å². The molecule has 1 heterocycles. The molecule has 2 aromatic carbocycles. The number of aryl methyl sites for hydroxylation is 1. The molecule has 0 N–H and O–H groups in total. The van der Waals surface area contributed by atoms with Crippen LogP contribution in [0.1, 0.15) is 30.5 Å². The number of rotatable bonds is 4. The number of fused-ring (bicyclic) bond motifs is 1. The Morgan fingerprint density at radius 2 is 1.63 bits per heavy atom. The lowest BCUT2D eigenvalue weighted by atomic mass is 9.99. The molecule has 0 saturated carbocycles. The van der Waals surface area contributed by atoms with Crippen molar-refractivity contribution in [2.24, 2.45) is 0 Å². The van der Waals surface area contributed by atoms with Gasteiger partial charge in [-0.1, -0.05) is 30.3 Å². The van der Waals surface area contributed by atoms with E-state index in [4.69, 9.17) is 13.9 Å². The van der Waals surface area contributed by atoms with Gasteiger partial charge in [-0.2, -0.15) is 0 Å². The maximum absolute atomic E-state index is 12.6. The monoisotopic (exact) mass is 366 g/mol. The summed E-state index contributed by atoms with van der Waals surface area (Å²) in [7, 11) is 0. The second-order valence-corrected chi connectivity index (χ2v) is 6.11. The summed E-state index contributed by atoms with van der Waals surface area (Å²) in [6, 6.07) is 12.7. The van der Waals surface area contributed by atoms with Crippen LogP contribution < -0.4 is 15.1 Å². The van der Waals surface area contributed by atoms with Crippen molar-refractivity contribution in [3.05, 3.63) is 69.6 Å². The molecule has 0 amide bonds. The first kappa shape index (κ1) is 18.4. The third-order valence-electron chi connectivity index (χ3n) is 4.10. The topological polar surface area (TPSA) is 82.8 Å². The van der Waals surface area contributed by atoms with Crippen LogP contribution in [0, 0.1) is 6.92 Å². The SMILES string of the molecule is CC(=O)Oc1ccc2c(C)c(Cc3ccccc3)c(=O)oc2c1OC(C)=O. The van der Waals surface area contributed by atoms with Gasteiger partial charge in [-0.3, -0.25) is 9.59 Å². The molecule has 1 aromatic heterocycles. The van der Waals surface area contributed by atoms with E-state index >= 15 is 0 Å². The second-order valence-electron chi connectivity index (χ2n) is 6.11. The Morgan fingerprint density at radius 1 is 0.963 bits per heavy atom. The molecule has 0 spiro atoms. The van der Waals surface area contributed by atoms with Gasteiger partial charge < -0.3 is 13.9 Å². The van der Waals surface area contributed by atoms with E-state index in [1.54, 1.807) is 13.0 Å². The summed E-state index contributed by atoms with van der Waals surface area (Å²) in [5, 5.41) is 0.604. The number of carbonyl (C=O) groups excluding carboxylic acids is 2. The third kappa shape index (κ3) is 3.89. The van der Waals surface area contributed by atoms with Gasteiger partial charge in [0.2, 0.25) is 5.75 Å². The fourth-order valence-electron chi connectivity index (χ4n) is 2.89. The van der Waals surface area contributed by atoms with Gasteiger partial charge in [-0.05, 0) is 30.2 Å². The van der Waals surface area contributed by atoms with Gasteiger partial charge >= 0.3 is 17.6 Å². The first-order valence-electron chi connectivity index (χ1n) is 8.37. The Labute approximate surface area is 155 Å². The Kier molecular flexibility index (Phi) is 5.07. The molecule has 0 atom stereocenters. The second kappa shape index (κ2) is 7.45. The molecule has 0 aliphatic rings. The van der Waals surface area contributed by atoms with Crippen LogP contribution in [0.25, 0.3) is 11.0 Å². The quantitative estimate of drug-likeness (QED) is 0.399. The van der Waals surface area contributed by atoms with E-state index in [1.165, 1.54) is 19.9 Å². The summed E-state index contributed by atoms with van der Waals surface area (Å²) in [6.45, 7) is 4.25. The van der Waals surface area contributed by atoms with E-state index in [2.05, 4.69) is 0 Å². The highest BCUT2D eigenvalue weighted by atomic mass is 16.6. The van der Waals surface area contributed by atoms with Crippen molar-refractivity contribution in [1.82, 2.24) is 0 Å². The largest absolute Gasteiger partial charge is 0.423 e. The van der Waals surface area contributed by atoms with Crippen LogP contribution in [0.2, 0.25) is 0 Å². The molecule has 0 bridgehead atoms. The van der Waals surface area contributed by atoms with E-state index < -0.39 is 17.6 Å². The molecule has 6 heteroatoms. The molecule has 138 valence electrons. The summed E-state index contributed by atoms with van der Waals surface area (Å²) in [5.74, 6) is -1.27. The minimum Gasteiger partial charge on any atom is -0.423 e. The summed E-state index contributed by atoms with van der Waals surface area (Å²) in [4.78, 5) is 35.4. The zero-order valence-electron chi connectivity index (χ0n) is 15.2. The predicted octanol–water partition coefficient (Wildman–Crippen LogP) is 3.54. The van der Waals surface area contributed by atoms with Gasteiger partial charge in [-0.15, -0.1) is 0 Å². The highest BCUT2D eigenvalue weighted by molar-refractivity contribution is 5.91. The highest BCUT2D eigenvalue weighted by Crippen LogP contribution is 2.37. The molecular formula is C21H18O6. The number of hydrogen-bond donors (Lipinski definition) is 0. The van der Waals surface area contributed by atoms with E-state index in [9.17, 15) is 14.4 Å². The summed E-state index contributed by atoms with van der Waals surface area (Å²) in [5.41, 5.74) is 1.75. The van der Waals surface area contributed by atoms with Crippen LogP contribution >= 0.6 is 0 Å². The lowest BCUT2D eigenvalue weighted by Crippen LogP contribution is -2.13. The van der Waals surface area contributed by atoms with Crippen molar-refractivity contribution in [2.75, 3.05) is 0 Å². The molecule has 0 radical (unpaired) electrons. The van der Waals surface area contributed by atoms with Gasteiger partial charge in [0.1, 0.15) is 0 Å². The first-order valence-corrected chi connectivity index (χ1v) is 8.37. The zero-order chi connectivity index (χ0) is 19.6. The minimum atomic E-state index is -0.621. The lowest BCUT2D eigenvalue weighted by Gasteiger charge is -2.13. The van der Waals surface area contributed by atoms with Crippen molar-refractivity contribution >= 4 is 22.9 Å². The smallest absolute Gasteiger partial charge is 0.340 e. The third-order valence-corrected chi connectivity index (χ3v) is 4.10. The van der Waals surface area contributed by atoms with Gasteiger partial charge in [0.25, 0.3) is 0 Å². The molecular weight excluding hydrogens is 348 g/mol. The Bertz CT molecular complexity index is 1080. The predicted molar refractivity (Wildman–Crippen MR) is 99.1 cm³/mol. The van der Waals surface area contributed by atoms with Crippen LogP contribution in [0.5, 0.6) is 11.5 Å². The Hall–Kier alpha value is -3.41. The fraction of sp³-hybridized carbons (Fsp3) is 0.190. The van der Waals surface area contributed by atoms with E-state index in [0.717, 1.165) is 5.56 Å². The van der Waals surface area contributed by atoms with Crippen molar-refractivity contribution in [3.8, 4) is 11.5 Å². The maximum Gasteiger partial charge on any atom is 0.340 e. The average Bonchev–Trinajstić information content (AvgIpc) is 2.61. The normalized spacial score (nSPS) is 10.6. The summed E-state index contributed by atoms with van der Waals surface area (Å²) >= 11 is 0. The van der Waals surface area contributed by atoms with Crippen LogP contribution in [0.4, 0.5) is 0 Å². The molecule has 0 aliphatic carbocycles. The maximum atomic E-state index is 12.6. The molecule has 27 heavy (non-hydrogen) atoms. The number of benzene rings is 2. The van der Waals surface area contributed by atoms with Gasteiger partial charge in [0, 0.05) is 31.2 Å². The number of esters is 2. The molecule has 0 aliphatic heterocycles. The molecule has 6 nitrogen and oxygen atoms in total. The van der Waals surface area contributed by atoms with Crippen LogP contribution in [-0.2, 0) is 16.0 Å². The summed E-state index contributed by atoms with van der Waals surface area (Å²) in [6.07, 6.45) is 0.416. The van der Waals surface area contributed by atoms with E-state index in [-0.39, 0.29) is 17.1 Å². The van der Waals surface area contributed by atoms with Gasteiger partial charge in [0.15, 0.2) is 11.3 Å². The number of ether oxygens (including phenoxy) is 2. The van der Waals surface area contributed by atoms with E-state index in [0.29, 0.717) is 22.9 Å². The Morgan fingerprint density at radius 3 is 2.26 bits per heavy atom. The van der Waals surface area contributed by atoms with Crippen molar-refractivity contribution < 1.29 is 23.5 Å². The summed E-state index contributed by atoms with van der Waals surface area (Å²) < 4.78 is 15.7. The molecule has 0 saturated heterocycles. The van der Waals surface area contributed by atoms with Crippen molar-refractivity contribution in [1.29, 1.82) is 0 Å². The number of carbonyl (C=O) groups is 2.